The van der Waals surface area contributed by atoms with Crippen LogP contribution in [0.15, 0.2) is 48.0 Å². The van der Waals surface area contributed by atoms with E-state index in [0.29, 0.717) is 52.7 Å². The second-order valence-electron chi connectivity index (χ2n) is 7.09. The van der Waals surface area contributed by atoms with Crippen molar-refractivity contribution in [3.8, 4) is 0 Å². The Balaban J connectivity index is 1.26. The number of amides is 3. The SMILES string of the molecule is O=C(Cc1csc(NC(=O)N2CCN(c3ccccn3)CC2)n1)Nc1ccc(Cl)c(Cl)c1. The first-order chi connectivity index (χ1) is 15.5. The fraction of sp³-hybridized carbons (Fsp3) is 0.238. The molecule has 2 aromatic heterocycles. The number of anilines is 3. The summed E-state index contributed by atoms with van der Waals surface area (Å²) in [4.78, 5) is 37.5. The predicted molar refractivity (Wildman–Crippen MR) is 128 cm³/mol. The number of hydrogen-bond acceptors (Lipinski definition) is 6. The molecule has 1 saturated heterocycles. The first-order valence-corrected chi connectivity index (χ1v) is 11.5. The van der Waals surface area contributed by atoms with Crippen molar-refractivity contribution in [3.05, 3.63) is 63.7 Å². The average molecular weight is 491 g/mol. The monoisotopic (exact) mass is 490 g/mol. The molecule has 3 aromatic rings. The van der Waals surface area contributed by atoms with Crippen LogP contribution in [0, 0.1) is 0 Å². The van der Waals surface area contributed by atoms with Gasteiger partial charge in [-0.25, -0.2) is 14.8 Å². The molecule has 0 aliphatic carbocycles. The molecule has 0 saturated carbocycles. The van der Waals surface area contributed by atoms with Gasteiger partial charge in [-0.2, -0.15) is 0 Å². The van der Waals surface area contributed by atoms with Crippen molar-refractivity contribution >= 4 is 63.1 Å². The molecule has 1 aliphatic heterocycles. The van der Waals surface area contributed by atoms with Gasteiger partial charge in [0.05, 0.1) is 22.2 Å². The first kappa shape index (κ1) is 22.3. The van der Waals surface area contributed by atoms with Gasteiger partial charge in [0.25, 0.3) is 0 Å². The van der Waals surface area contributed by atoms with E-state index in [9.17, 15) is 9.59 Å². The largest absolute Gasteiger partial charge is 0.353 e. The van der Waals surface area contributed by atoms with Gasteiger partial charge in [-0.15, -0.1) is 11.3 Å². The van der Waals surface area contributed by atoms with Crippen molar-refractivity contribution in [2.24, 2.45) is 0 Å². The number of pyridine rings is 1. The summed E-state index contributed by atoms with van der Waals surface area (Å²) in [5, 5.41) is 8.57. The number of nitrogens with zero attached hydrogens (tertiary/aromatic N) is 4. The quantitative estimate of drug-likeness (QED) is 0.553. The highest BCUT2D eigenvalue weighted by Crippen LogP contribution is 2.25. The maximum Gasteiger partial charge on any atom is 0.323 e. The zero-order valence-electron chi connectivity index (χ0n) is 16.9. The van der Waals surface area contributed by atoms with Gasteiger partial charge in [-0.3, -0.25) is 10.1 Å². The standard InChI is InChI=1S/C21H20Cl2N6O2S/c22-16-5-4-14(11-17(16)23)25-19(30)12-15-13-32-20(26-15)27-21(31)29-9-7-28(8-10-29)18-3-1-2-6-24-18/h1-6,11,13H,7-10,12H2,(H,25,30)(H,26,27,31). The summed E-state index contributed by atoms with van der Waals surface area (Å²) in [6.45, 7) is 2.60. The van der Waals surface area contributed by atoms with E-state index in [4.69, 9.17) is 23.2 Å². The molecule has 8 nitrogen and oxygen atoms in total. The predicted octanol–water partition coefficient (Wildman–Crippen LogP) is 4.38. The first-order valence-electron chi connectivity index (χ1n) is 9.89. The van der Waals surface area contributed by atoms with Crippen LogP contribution in [0.2, 0.25) is 10.0 Å². The smallest absolute Gasteiger partial charge is 0.323 e. The maximum absolute atomic E-state index is 12.6. The van der Waals surface area contributed by atoms with Crippen molar-refractivity contribution in [1.82, 2.24) is 14.9 Å². The molecular formula is C21H20Cl2N6O2S. The van der Waals surface area contributed by atoms with Gasteiger partial charge in [0, 0.05) is 43.4 Å². The van der Waals surface area contributed by atoms with E-state index in [1.54, 1.807) is 34.7 Å². The summed E-state index contributed by atoms with van der Waals surface area (Å²) in [6.07, 6.45) is 1.84. The van der Waals surface area contributed by atoms with E-state index in [1.807, 2.05) is 18.2 Å². The van der Waals surface area contributed by atoms with E-state index in [2.05, 4.69) is 25.5 Å². The van der Waals surface area contributed by atoms with Gasteiger partial charge in [-0.05, 0) is 30.3 Å². The Hall–Kier alpha value is -2.88. The Morgan fingerprint density at radius 2 is 1.84 bits per heavy atom. The molecule has 11 heteroatoms. The number of piperazine rings is 1. The van der Waals surface area contributed by atoms with Crippen LogP contribution in [0.3, 0.4) is 0 Å². The number of carbonyl (C=O) groups excluding carboxylic acids is 2. The Bertz CT molecular complexity index is 1100. The normalized spacial score (nSPS) is 13.7. The zero-order chi connectivity index (χ0) is 22.5. The van der Waals surface area contributed by atoms with Gasteiger partial charge >= 0.3 is 6.03 Å². The minimum atomic E-state index is -0.239. The molecule has 1 aromatic carbocycles. The second-order valence-corrected chi connectivity index (χ2v) is 8.76. The molecule has 3 heterocycles. The summed E-state index contributed by atoms with van der Waals surface area (Å²) in [7, 11) is 0. The molecule has 4 rings (SSSR count). The fourth-order valence-corrected chi connectivity index (χ4v) is 4.24. The highest BCUT2D eigenvalue weighted by molar-refractivity contribution is 7.13. The van der Waals surface area contributed by atoms with E-state index >= 15 is 0 Å². The van der Waals surface area contributed by atoms with Crippen LogP contribution >= 0.6 is 34.5 Å². The minimum Gasteiger partial charge on any atom is -0.353 e. The Morgan fingerprint density at radius 3 is 2.56 bits per heavy atom. The number of hydrogen-bond donors (Lipinski definition) is 2. The number of nitrogens with one attached hydrogen (secondary N) is 2. The zero-order valence-corrected chi connectivity index (χ0v) is 19.3. The molecule has 166 valence electrons. The highest BCUT2D eigenvalue weighted by Gasteiger charge is 2.22. The van der Waals surface area contributed by atoms with E-state index in [1.165, 1.54) is 11.3 Å². The Labute approximate surface area is 199 Å². The lowest BCUT2D eigenvalue weighted by Crippen LogP contribution is -2.50. The van der Waals surface area contributed by atoms with E-state index in [-0.39, 0.29) is 18.4 Å². The van der Waals surface area contributed by atoms with Crippen molar-refractivity contribution in [2.75, 3.05) is 41.7 Å². The summed E-state index contributed by atoms with van der Waals surface area (Å²) >= 11 is 13.1. The average Bonchev–Trinajstić information content (AvgIpc) is 3.23. The van der Waals surface area contributed by atoms with Crippen LogP contribution < -0.4 is 15.5 Å². The summed E-state index contributed by atoms with van der Waals surface area (Å²) in [5.74, 6) is 0.675. The number of urea groups is 1. The number of rotatable bonds is 5. The van der Waals surface area contributed by atoms with Crippen molar-refractivity contribution in [3.63, 3.8) is 0 Å². The summed E-state index contributed by atoms with van der Waals surface area (Å²) in [6, 6.07) is 10.5. The second kappa shape index (κ2) is 10.2. The number of thiazole rings is 1. The molecule has 3 amide bonds. The van der Waals surface area contributed by atoms with Crippen molar-refractivity contribution in [2.45, 2.75) is 6.42 Å². The van der Waals surface area contributed by atoms with Gasteiger partial charge < -0.3 is 15.1 Å². The number of benzene rings is 1. The van der Waals surface area contributed by atoms with Gasteiger partial charge in [0.1, 0.15) is 5.82 Å². The summed E-state index contributed by atoms with van der Waals surface area (Å²) in [5.41, 5.74) is 1.13. The third-order valence-electron chi connectivity index (χ3n) is 4.85. The number of carbonyl (C=O) groups is 2. The molecule has 0 spiro atoms. The van der Waals surface area contributed by atoms with E-state index < -0.39 is 0 Å². The molecular weight excluding hydrogens is 471 g/mol. The van der Waals surface area contributed by atoms with Gasteiger partial charge in [-0.1, -0.05) is 29.3 Å². The Morgan fingerprint density at radius 1 is 1.03 bits per heavy atom. The van der Waals surface area contributed by atoms with Crippen molar-refractivity contribution < 1.29 is 9.59 Å². The molecule has 0 bridgehead atoms. The fourth-order valence-electron chi connectivity index (χ4n) is 3.24. The summed E-state index contributed by atoms with van der Waals surface area (Å²) < 4.78 is 0. The molecule has 1 fully saturated rings. The van der Waals surface area contributed by atoms with Crippen LogP contribution in [-0.4, -0.2) is 53.0 Å². The van der Waals surface area contributed by atoms with Crippen LogP contribution in [0.4, 0.5) is 21.4 Å². The Kier molecular flexibility index (Phi) is 7.09. The van der Waals surface area contributed by atoms with Crippen LogP contribution in [0.5, 0.6) is 0 Å². The van der Waals surface area contributed by atoms with E-state index in [0.717, 1.165) is 5.82 Å². The number of halogens is 2. The van der Waals surface area contributed by atoms with Gasteiger partial charge in [0.15, 0.2) is 5.13 Å². The topological polar surface area (TPSA) is 90.5 Å². The third-order valence-corrected chi connectivity index (χ3v) is 6.40. The lowest BCUT2D eigenvalue weighted by atomic mass is 10.3. The molecule has 32 heavy (non-hydrogen) atoms. The van der Waals surface area contributed by atoms with Crippen LogP contribution in [-0.2, 0) is 11.2 Å². The molecule has 1 aliphatic rings. The lowest BCUT2D eigenvalue weighted by Gasteiger charge is -2.35. The lowest BCUT2D eigenvalue weighted by molar-refractivity contribution is -0.115. The highest BCUT2D eigenvalue weighted by atomic mass is 35.5. The molecule has 0 unspecified atom stereocenters. The molecule has 2 N–H and O–H groups in total. The molecule has 0 atom stereocenters. The third kappa shape index (κ3) is 5.67. The van der Waals surface area contributed by atoms with Crippen molar-refractivity contribution in [1.29, 1.82) is 0 Å². The molecule has 0 radical (unpaired) electrons. The number of aromatic nitrogens is 2. The maximum atomic E-state index is 12.6. The van der Waals surface area contributed by atoms with Crippen LogP contribution in [0.25, 0.3) is 0 Å². The van der Waals surface area contributed by atoms with Gasteiger partial charge in [0.2, 0.25) is 5.91 Å². The minimum absolute atomic E-state index is 0.0787. The van der Waals surface area contributed by atoms with Crippen LogP contribution in [0.1, 0.15) is 5.69 Å².